The predicted molar refractivity (Wildman–Crippen MR) is 112 cm³/mol. The average molecular weight is 409 g/mol. The van der Waals surface area contributed by atoms with Crippen molar-refractivity contribution in [2.75, 3.05) is 10.8 Å². The molecule has 0 radical (unpaired) electrons. The van der Waals surface area contributed by atoms with Crippen LogP contribution in [0.5, 0.6) is 5.75 Å². The number of carbonyl (C=O) groups is 1. The standard InChI is InChI=1S/C21H19N3O4S/c1-13-9-10-18(25)16(11-13)14(2)22-23-20(26)12-24-17-7-3-5-15-6-4-8-19(21(15)17)29(24,27)28/h3-11,25H,12H2,1-2H3,(H,23,26)/b22-14+. The van der Waals surface area contributed by atoms with Crippen LogP contribution in [0.2, 0.25) is 0 Å². The van der Waals surface area contributed by atoms with Crippen LogP contribution < -0.4 is 9.73 Å². The van der Waals surface area contributed by atoms with Gasteiger partial charge in [-0.05, 0) is 43.5 Å². The maximum absolute atomic E-state index is 12.9. The summed E-state index contributed by atoms with van der Waals surface area (Å²) in [5.41, 5.74) is 4.71. The van der Waals surface area contributed by atoms with Gasteiger partial charge in [-0.15, -0.1) is 0 Å². The summed E-state index contributed by atoms with van der Waals surface area (Å²) in [6.45, 7) is 3.13. The molecule has 1 aliphatic rings. The number of nitrogens with zero attached hydrogens (tertiary/aromatic N) is 2. The zero-order valence-corrected chi connectivity index (χ0v) is 16.7. The van der Waals surface area contributed by atoms with Crippen molar-refractivity contribution in [1.29, 1.82) is 0 Å². The minimum absolute atomic E-state index is 0.0512. The van der Waals surface area contributed by atoms with Crippen molar-refractivity contribution >= 4 is 38.1 Å². The van der Waals surface area contributed by atoms with Crippen molar-refractivity contribution in [1.82, 2.24) is 5.43 Å². The minimum atomic E-state index is -3.81. The summed E-state index contributed by atoms with van der Waals surface area (Å²) < 4.78 is 26.9. The van der Waals surface area contributed by atoms with Gasteiger partial charge in [0, 0.05) is 10.9 Å². The molecule has 0 fully saturated rings. The molecule has 7 nitrogen and oxygen atoms in total. The lowest BCUT2D eigenvalue weighted by Crippen LogP contribution is -2.37. The van der Waals surface area contributed by atoms with Crippen LogP contribution >= 0.6 is 0 Å². The Kier molecular flexibility index (Phi) is 4.50. The molecule has 1 amide bonds. The van der Waals surface area contributed by atoms with E-state index >= 15 is 0 Å². The van der Waals surface area contributed by atoms with Crippen LogP contribution in [0.1, 0.15) is 18.1 Å². The monoisotopic (exact) mass is 409 g/mol. The molecular weight excluding hydrogens is 390 g/mol. The highest BCUT2D eigenvalue weighted by Gasteiger charge is 2.36. The van der Waals surface area contributed by atoms with Gasteiger partial charge in [0.05, 0.1) is 16.3 Å². The number of amides is 1. The highest BCUT2D eigenvalue weighted by Crippen LogP contribution is 2.41. The Labute approximate surface area is 168 Å². The Morgan fingerprint density at radius 3 is 2.62 bits per heavy atom. The number of nitrogens with one attached hydrogen (secondary N) is 1. The lowest BCUT2D eigenvalue weighted by atomic mass is 10.1. The van der Waals surface area contributed by atoms with Gasteiger partial charge in [-0.25, -0.2) is 13.8 Å². The van der Waals surface area contributed by atoms with Gasteiger partial charge in [-0.1, -0.05) is 35.9 Å². The Bertz CT molecular complexity index is 1280. The number of rotatable bonds is 4. The minimum Gasteiger partial charge on any atom is -0.507 e. The Balaban J connectivity index is 1.58. The SMILES string of the molecule is C/C(=N\NC(=O)CN1c2cccc3cccc(c23)S1(=O)=O)c1cc(C)ccc1O. The average Bonchev–Trinajstić information content (AvgIpc) is 2.91. The molecule has 1 aliphatic heterocycles. The summed E-state index contributed by atoms with van der Waals surface area (Å²) in [5.74, 6) is -0.528. The molecule has 4 rings (SSSR count). The van der Waals surface area contributed by atoms with E-state index in [0.29, 0.717) is 22.3 Å². The van der Waals surface area contributed by atoms with Gasteiger partial charge >= 0.3 is 0 Å². The fourth-order valence-corrected chi connectivity index (χ4v) is 5.11. The van der Waals surface area contributed by atoms with Gasteiger partial charge < -0.3 is 5.11 Å². The highest BCUT2D eigenvalue weighted by atomic mass is 32.2. The summed E-state index contributed by atoms with van der Waals surface area (Å²) >= 11 is 0. The van der Waals surface area contributed by atoms with E-state index in [9.17, 15) is 18.3 Å². The Morgan fingerprint density at radius 2 is 1.86 bits per heavy atom. The van der Waals surface area contributed by atoms with Crippen LogP contribution in [0, 0.1) is 6.92 Å². The van der Waals surface area contributed by atoms with E-state index in [1.807, 2.05) is 19.1 Å². The van der Waals surface area contributed by atoms with Crippen molar-refractivity contribution in [2.24, 2.45) is 5.10 Å². The molecule has 1 heterocycles. The molecule has 0 bridgehead atoms. The molecule has 0 saturated heterocycles. The Hall–Kier alpha value is -3.39. The van der Waals surface area contributed by atoms with Gasteiger partial charge in [-0.3, -0.25) is 9.10 Å². The molecule has 3 aromatic carbocycles. The molecule has 8 heteroatoms. The number of carbonyl (C=O) groups excluding carboxylic acids is 1. The summed E-state index contributed by atoms with van der Waals surface area (Å²) in [5, 5.41) is 15.4. The number of aromatic hydroxyl groups is 1. The lowest BCUT2D eigenvalue weighted by molar-refractivity contribution is -0.119. The van der Waals surface area contributed by atoms with E-state index in [-0.39, 0.29) is 10.6 Å². The predicted octanol–water partition coefficient (Wildman–Crippen LogP) is 2.90. The van der Waals surface area contributed by atoms with E-state index in [1.54, 1.807) is 49.4 Å². The molecule has 29 heavy (non-hydrogen) atoms. The smallest absolute Gasteiger partial charge is 0.265 e. The third-order valence-corrected chi connectivity index (χ3v) is 6.66. The number of hydrogen-bond acceptors (Lipinski definition) is 5. The number of benzene rings is 3. The van der Waals surface area contributed by atoms with Crippen molar-refractivity contribution in [3.8, 4) is 5.75 Å². The molecule has 0 saturated carbocycles. The second-order valence-corrected chi connectivity index (χ2v) is 8.73. The zero-order chi connectivity index (χ0) is 20.8. The third-order valence-electron chi connectivity index (χ3n) is 4.86. The van der Waals surface area contributed by atoms with Gasteiger partial charge in [0.25, 0.3) is 15.9 Å². The summed E-state index contributed by atoms with van der Waals surface area (Å²) in [4.78, 5) is 12.7. The van der Waals surface area contributed by atoms with Crippen molar-refractivity contribution in [3.05, 3.63) is 65.7 Å². The fourth-order valence-electron chi connectivity index (χ4n) is 3.44. The molecule has 0 unspecified atom stereocenters. The van der Waals surface area contributed by atoms with Crippen LogP contribution in [0.4, 0.5) is 5.69 Å². The van der Waals surface area contributed by atoms with Crippen LogP contribution in [-0.4, -0.2) is 31.7 Å². The number of hydrazone groups is 1. The third kappa shape index (κ3) is 3.21. The quantitative estimate of drug-likeness (QED) is 0.511. The van der Waals surface area contributed by atoms with E-state index in [4.69, 9.17) is 0 Å². The van der Waals surface area contributed by atoms with E-state index in [0.717, 1.165) is 15.3 Å². The largest absolute Gasteiger partial charge is 0.507 e. The first-order valence-corrected chi connectivity index (χ1v) is 10.4. The number of phenols is 1. The van der Waals surface area contributed by atoms with Crippen molar-refractivity contribution < 1.29 is 18.3 Å². The Morgan fingerprint density at radius 1 is 1.14 bits per heavy atom. The van der Waals surface area contributed by atoms with Crippen LogP contribution in [-0.2, 0) is 14.8 Å². The number of hydrogen-bond donors (Lipinski definition) is 2. The maximum atomic E-state index is 12.9. The second-order valence-electron chi connectivity index (χ2n) is 6.90. The van der Waals surface area contributed by atoms with E-state index in [2.05, 4.69) is 10.5 Å². The fraction of sp³-hybridized carbons (Fsp3) is 0.143. The topological polar surface area (TPSA) is 99.1 Å². The number of anilines is 1. The lowest BCUT2D eigenvalue weighted by Gasteiger charge is -2.17. The van der Waals surface area contributed by atoms with Crippen molar-refractivity contribution in [2.45, 2.75) is 18.7 Å². The van der Waals surface area contributed by atoms with E-state index < -0.39 is 22.5 Å². The normalized spacial score (nSPS) is 15.0. The van der Waals surface area contributed by atoms with Gasteiger partial charge in [0.2, 0.25) is 0 Å². The van der Waals surface area contributed by atoms with Gasteiger partial charge in [0.15, 0.2) is 0 Å². The molecule has 148 valence electrons. The van der Waals surface area contributed by atoms with Gasteiger partial charge in [-0.2, -0.15) is 5.10 Å². The second kappa shape index (κ2) is 6.89. The van der Waals surface area contributed by atoms with Crippen LogP contribution in [0.25, 0.3) is 10.8 Å². The highest BCUT2D eigenvalue weighted by molar-refractivity contribution is 7.93. The first-order chi connectivity index (χ1) is 13.8. The molecule has 0 aliphatic carbocycles. The molecular formula is C21H19N3O4S. The molecule has 0 aromatic heterocycles. The number of phenolic OH excluding ortho intramolecular Hbond substituents is 1. The summed E-state index contributed by atoms with van der Waals surface area (Å²) in [6.07, 6.45) is 0. The first-order valence-electron chi connectivity index (χ1n) is 8.96. The van der Waals surface area contributed by atoms with Gasteiger partial charge in [0.1, 0.15) is 12.3 Å². The molecule has 0 atom stereocenters. The molecule has 3 aromatic rings. The molecule has 2 N–H and O–H groups in total. The van der Waals surface area contributed by atoms with E-state index in [1.165, 1.54) is 0 Å². The molecule has 0 spiro atoms. The zero-order valence-electron chi connectivity index (χ0n) is 15.9. The number of sulfonamides is 1. The first kappa shape index (κ1) is 18.9. The summed E-state index contributed by atoms with van der Waals surface area (Å²) in [6, 6.07) is 15.4. The van der Waals surface area contributed by atoms with Crippen molar-refractivity contribution in [3.63, 3.8) is 0 Å². The summed E-state index contributed by atoms with van der Waals surface area (Å²) in [7, 11) is -3.81. The maximum Gasteiger partial charge on any atom is 0.265 e. The number of aryl methyl sites for hydroxylation is 1. The van der Waals surface area contributed by atoms with Crippen LogP contribution in [0.3, 0.4) is 0 Å². The van der Waals surface area contributed by atoms with Crippen LogP contribution in [0.15, 0.2) is 64.6 Å².